The highest BCUT2D eigenvalue weighted by Gasteiger charge is 2.17. The second-order valence-corrected chi connectivity index (χ2v) is 5.31. The molecule has 6 heteroatoms. The van der Waals surface area contributed by atoms with E-state index in [2.05, 4.69) is 21.2 Å². The van der Waals surface area contributed by atoms with Crippen molar-refractivity contribution in [2.24, 2.45) is 5.92 Å². The zero-order valence-electron chi connectivity index (χ0n) is 9.89. The highest BCUT2D eigenvalue weighted by molar-refractivity contribution is 9.10. The molecule has 0 bridgehead atoms. The van der Waals surface area contributed by atoms with Gasteiger partial charge in [0.2, 0.25) is 0 Å². The van der Waals surface area contributed by atoms with Crippen molar-refractivity contribution >= 4 is 21.6 Å². The summed E-state index contributed by atoms with van der Waals surface area (Å²) in [5.74, 6) is 0.527. The Morgan fingerprint density at radius 1 is 1.56 bits per heavy atom. The molecule has 18 heavy (non-hydrogen) atoms. The van der Waals surface area contributed by atoms with Gasteiger partial charge in [-0.05, 0) is 24.5 Å². The average molecular weight is 315 g/mol. The Hall–Kier alpha value is -0.980. The van der Waals surface area contributed by atoms with Crippen LogP contribution in [0.5, 0.6) is 0 Å². The van der Waals surface area contributed by atoms with Gasteiger partial charge in [0, 0.05) is 35.8 Å². The SMILES string of the molecule is O=[N+]([O-])c1cc(Br)ccc1CNCC1CCOC1. The van der Waals surface area contributed by atoms with Crippen molar-refractivity contribution < 1.29 is 9.66 Å². The standard InChI is InChI=1S/C12H15BrN2O3/c13-11-2-1-10(12(5-11)15(16)17)7-14-6-9-3-4-18-8-9/h1-2,5,9,14H,3-4,6-8H2. The van der Waals surface area contributed by atoms with Crippen molar-refractivity contribution in [2.45, 2.75) is 13.0 Å². The largest absolute Gasteiger partial charge is 0.381 e. The maximum absolute atomic E-state index is 10.9. The van der Waals surface area contributed by atoms with Gasteiger partial charge in [0.05, 0.1) is 11.5 Å². The molecule has 1 aliphatic rings. The summed E-state index contributed by atoms with van der Waals surface area (Å²) >= 11 is 3.25. The van der Waals surface area contributed by atoms with E-state index < -0.39 is 0 Å². The summed E-state index contributed by atoms with van der Waals surface area (Å²) in [6.45, 7) is 2.97. The number of benzene rings is 1. The van der Waals surface area contributed by atoms with Crippen LogP contribution in [0.3, 0.4) is 0 Å². The molecule has 1 N–H and O–H groups in total. The van der Waals surface area contributed by atoms with Gasteiger partial charge in [0.15, 0.2) is 0 Å². The molecule has 1 aliphatic heterocycles. The lowest BCUT2D eigenvalue weighted by atomic mass is 10.1. The Kier molecular flexibility index (Phi) is 4.68. The van der Waals surface area contributed by atoms with Crippen LogP contribution in [0.4, 0.5) is 5.69 Å². The van der Waals surface area contributed by atoms with Crippen molar-refractivity contribution in [3.63, 3.8) is 0 Å². The molecule has 0 aliphatic carbocycles. The number of nitrogens with one attached hydrogen (secondary N) is 1. The highest BCUT2D eigenvalue weighted by Crippen LogP contribution is 2.23. The number of hydrogen-bond acceptors (Lipinski definition) is 4. The topological polar surface area (TPSA) is 64.4 Å². The lowest BCUT2D eigenvalue weighted by Gasteiger charge is -2.09. The van der Waals surface area contributed by atoms with Gasteiger partial charge >= 0.3 is 0 Å². The van der Waals surface area contributed by atoms with Crippen LogP contribution in [-0.2, 0) is 11.3 Å². The van der Waals surface area contributed by atoms with Crippen LogP contribution in [0.25, 0.3) is 0 Å². The number of hydrogen-bond donors (Lipinski definition) is 1. The number of rotatable bonds is 5. The van der Waals surface area contributed by atoms with Gasteiger partial charge in [-0.2, -0.15) is 0 Å². The molecule has 0 saturated carbocycles. The second kappa shape index (κ2) is 6.26. The molecular weight excluding hydrogens is 300 g/mol. The van der Waals surface area contributed by atoms with E-state index in [9.17, 15) is 10.1 Å². The molecule has 1 aromatic rings. The van der Waals surface area contributed by atoms with Crippen molar-refractivity contribution in [1.29, 1.82) is 0 Å². The number of ether oxygens (including phenoxy) is 1. The summed E-state index contributed by atoms with van der Waals surface area (Å²) in [6.07, 6.45) is 1.06. The molecule has 1 heterocycles. The molecule has 0 amide bonds. The first-order chi connectivity index (χ1) is 8.66. The van der Waals surface area contributed by atoms with Gasteiger partial charge in [-0.15, -0.1) is 0 Å². The fourth-order valence-electron chi connectivity index (χ4n) is 2.01. The lowest BCUT2D eigenvalue weighted by Crippen LogP contribution is -2.23. The molecule has 1 saturated heterocycles. The van der Waals surface area contributed by atoms with Crippen LogP contribution in [0.1, 0.15) is 12.0 Å². The predicted molar refractivity (Wildman–Crippen MR) is 71.4 cm³/mol. The summed E-state index contributed by atoms with van der Waals surface area (Å²) in [5, 5.41) is 14.2. The molecule has 1 aromatic carbocycles. The Morgan fingerprint density at radius 3 is 3.06 bits per heavy atom. The minimum Gasteiger partial charge on any atom is -0.381 e. The second-order valence-electron chi connectivity index (χ2n) is 4.39. The summed E-state index contributed by atoms with van der Waals surface area (Å²) < 4.78 is 6.01. The van der Waals surface area contributed by atoms with E-state index in [1.807, 2.05) is 6.07 Å². The van der Waals surface area contributed by atoms with Crippen LogP contribution >= 0.6 is 15.9 Å². The van der Waals surface area contributed by atoms with E-state index in [-0.39, 0.29) is 10.6 Å². The molecule has 1 fully saturated rings. The monoisotopic (exact) mass is 314 g/mol. The molecule has 1 atom stereocenters. The summed E-state index contributed by atoms with van der Waals surface area (Å²) in [4.78, 5) is 10.6. The molecule has 2 rings (SSSR count). The molecule has 1 unspecified atom stereocenters. The Balaban J connectivity index is 1.93. The average Bonchev–Trinajstić information content (AvgIpc) is 2.84. The zero-order chi connectivity index (χ0) is 13.0. The number of halogens is 1. The molecule has 0 aromatic heterocycles. The fraction of sp³-hybridized carbons (Fsp3) is 0.500. The van der Waals surface area contributed by atoms with Gasteiger partial charge in [-0.3, -0.25) is 10.1 Å². The summed E-state index contributed by atoms with van der Waals surface area (Å²) in [7, 11) is 0. The highest BCUT2D eigenvalue weighted by atomic mass is 79.9. The van der Waals surface area contributed by atoms with Gasteiger partial charge in [0.25, 0.3) is 5.69 Å². The van der Waals surface area contributed by atoms with Crippen LogP contribution in [0.2, 0.25) is 0 Å². The van der Waals surface area contributed by atoms with E-state index in [0.717, 1.165) is 30.7 Å². The minimum atomic E-state index is -0.347. The molecule has 5 nitrogen and oxygen atoms in total. The maximum atomic E-state index is 10.9. The Labute approximate surface area is 114 Å². The third kappa shape index (κ3) is 3.51. The molecular formula is C12H15BrN2O3. The summed E-state index contributed by atoms with van der Waals surface area (Å²) in [6, 6.07) is 5.14. The van der Waals surface area contributed by atoms with E-state index in [0.29, 0.717) is 18.0 Å². The third-order valence-corrected chi connectivity index (χ3v) is 3.51. The van der Waals surface area contributed by atoms with Crippen LogP contribution in [0.15, 0.2) is 22.7 Å². The molecule has 0 radical (unpaired) electrons. The van der Waals surface area contributed by atoms with Crippen molar-refractivity contribution in [1.82, 2.24) is 5.32 Å². The fourth-order valence-corrected chi connectivity index (χ4v) is 2.36. The first kappa shape index (κ1) is 13.5. The van der Waals surface area contributed by atoms with Crippen LogP contribution < -0.4 is 5.32 Å². The Morgan fingerprint density at radius 2 is 2.39 bits per heavy atom. The number of nitrogens with zero attached hydrogens (tertiary/aromatic N) is 1. The van der Waals surface area contributed by atoms with Crippen molar-refractivity contribution in [3.8, 4) is 0 Å². The maximum Gasteiger partial charge on any atom is 0.275 e. The van der Waals surface area contributed by atoms with Crippen LogP contribution in [-0.4, -0.2) is 24.7 Å². The lowest BCUT2D eigenvalue weighted by molar-refractivity contribution is -0.385. The van der Waals surface area contributed by atoms with Gasteiger partial charge in [-0.1, -0.05) is 15.9 Å². The predicted octanol–water partition coefficient (Wildman–Crippen LogP) is 2.48. The Bertz CT molecular complexity index is 433. The summed E-state index contributed by atoms with van der Waals surface area (Å²) in [5.41, 5.74) is 0.863. The van der Waals surface area contributed by atoms with E-state index >= 15 is 0 Å². The van der Waals surface area contributed by atoms with Crippen molar-refractivity contribution in [3.05, 3.63) is 38.3 Å². The van der Waals surface area contributed by atoms with Gasteiger partial charge in [-0.25, -0.2) is 0 Å². The van der Waals surface area contributed by atoms with Gasteiger partial charge < -0.3 is 10.1 Å². The number of nitro benzene ring substituents is 1. The molecule has 0 spiro atoms. The van der Waals surface area contributed by atoms with Crippen LogP contribution in [0, 0.1) is 16.0 Å². The smallest absolute Gasteiger partial charge is 0.275 e. The number of nitro groups is 1. The van der Waals surface area contributed by atoms with E-state index in [1.165, 1.54) is 6.07 Å². The van der Waals surface area contributed by atoms with Gasteiger partial charge in [0.1, 0.15) is 0 Å². The van der Waals surface area contributed by atoms with Crippen molar-refractivity contribution in [2.75, 3.05) is 19.8 Å². The van der Waals surface area contributed by atoms with E-state index in [4.69, 9.17) is 4.74 Å². The quantitative estimate of drug-likeness (QED) is 0.670. The first-order valence-corrected chi connectivity index (χ1v) is 6.67. The minimum absolute atomic E-state index is 0.152. The van der Waals surface area contributed by atoms with E-state index in [1.54, 1.807) is 6.07 Å². The molecule has 98 valence electrons. The normalized spacial score (nSPS) is 19.1. The third-order valence-electron chi connectivity index (χ3n) is 3.02. The first-order valence-electron chi connectivity index (χ1n) is 5.88. The zero-order valence-corrected chi connectivity index (χ0v) is 11.5.